The summed E-state index contributed by atoms with van der Waals surface area (Å²) in [7, 11) is 0. The van der Waals surface area contributed by atoms with Crippen molar-refractivity contribution in [3.8, 4) is 34.1 Å². The third-order valence-electron chi connectivity index (χ3n) is 8.46. The molecule has 0 bridgehead atoms. The zero-order chi connectivity index (χ0) is 36.9. The molecule has 1 atom stereocenters. The highest BCUT2D eigenvalue weighted by molar-refractivity contribution is 6.32. The molecule has 0 saturated carbocycles. The van der Waals surface area contributed by atoms with Crippen molar-refractivity contribution in [1.29, 1.82) is 0 Å². The second kappa shape index (κ2) is 19.0. The Labute approximate surface area is 307 Å². The van der Waals surface area contributed by atoms with Gasteiger partial charge in [0.1, 0.15) is 43.7 Å². The first kappa shape index (κ1) is 38.2. The second-order valence-corrected chi connectivity index (χ2v) is 12.5. The topological polar surface area (TPSA) is 161 Å². The number of urea groups is 1. The number of anilines is 1. The number of nitrogens with zero attached hydrogens (tertiary/aromatic N) is 2. The summed E-state index contributed by atoms with van der Waals surface area (Å²) >= 11 is 6.76. The molecule has 0 radical (unpaired) electrons. The summed E-state index contributed by atoms with van der Waals surface area (Å²) in [6, 6.07) is 19.0. The number of hydrogen-bond acceptors (Lipinski definition) is 10. The number of carbonyl (C=O) groups is 2. The first-order valence-electron chi connectivity index (χ1n) is 16.9. The summed E-state index contributed by atoms with van der Waals surface area (Å²) < 4.78 is 29.5. The van der Waals surface area contributed by atoms with Gasteiger partial charge in [0.15, 0.2) is 11.5 Å². The number of carboxylic acid groups (broad SMARTS) is 1. The molecule has 6 rings (SSSR count). The van der Waals surface area contributed by atoms with E-state index in [1.807, 2.05) is 49.4 Å². The van der Waals surface area contributed by atoms with Crippen LogP contribution in [0.4, 0.5) is 10.6 Å². The predicted molar refractivity (Wildman–Crippen MR) is 195 cm³/mol. The number of morpholine rings is 1. The van der Waals surface area contributed by atoms with E-state index in [4.69, 9.17) is 45.2 Å². The van der Waals surface area contributed by atoms with Crippen molar-refractivity contribution in [2.75, 3.05) is 51.4 Å². The molecule has 14 heteroatoms. The average molecular weight is 735 g/mol. The van der Waals surface area contributed by atoms with Crippen LogP contribution in [0.3, 0.4) is 0 Å². The van der Waals surface area contributed by atoms with Crippen molar-refractivity contribution >= 4 is 29.9 Å². The first-order chi connectivity index (χ1) is 25.3. The van der Waals surface area contributed by atoms with Gasteiger partial charge in [0, 0.05) is 43.5 Å². The van der Waals surface area contributed by atoms with E-state index in [0.29, 0.717) is 75.0 Å². The van der Waals surface area contributed by atoms with Crippen LogP contribution in [0.25, 0.3) is 11.1 Å². The van der Waals surface area contributed by atoms with Crippen molar-refractivity contribution in [1.82, 2.24) is 15.2 Å². The van der Waals surface area contributed by atoms with Gasteiger partial charge in [0.25, 0.3) is 6.47 Å². The number of fused-ring (bicyclic) bond motifs is 1. The van der Waals surface area contributed by atoms with Crippen LogP contribution in [-0.2, 0) is 29.3 Å². The van der Waals surface area contributed by atoms with Gasteiger partial charge in [0.2, 0.25) is 0 Å². The van der Waals surface area contributed by atoms with E-state index < -0.39 is 0 Å². The zero-order valence-corrected chi connectivity index (χ0v) is 29.9. The minimum absolute atomic E-state index is 0.00818. The van der Waals surface area contributed by atoms with E-state index in [2.05, 4.69) is 28.6 Å². The van der Waals surface area contributed by atoms with Crippen molar-refractivity contribution in [2.45, 2.75) is 39.6 Å². The Morgan fingerprint density at radius 2 is 1.73 bits per heavy atom. The molecular weight excluding hydrogens is 692 g/mol. The zero-order valence-electron chi connectivity index (χ0n) is 29.1. The molecule has 1 unspecified atom stereocenters. The number of rotatable bonds is 12. The maximum absolute atomic E-state index is 12.7. The fourth-order valence-electron chi connectivity index (χ4n) is 5.58. The number of aliphatic hydroxyl groups excluding tert-OH is 1. The van der Waals surface area contributed by atoms with Gasteiger partial charge in [-0.1, -0.05) is 35.9 Å². The lowest BCUT2D eigenvalue weighted by Crippen LogP contribution is -2.43. The van der Waals surface area contributed by atoms with E-state index in [1.165, 1.54) is 0 Å². The van der Waals surface area contributed by atoms with Gasteiger partial charge in [0.05, 0.1) is 24.8 Å². The Bertz CT molecular complexity index is 1820. The van der Waals surface area contributed by atoms with Crippen LogP contribution in [0.2, 0.25) is 5.02 Å². The van der Waals surface area contributed by atoms with Crippen molar-refractivity contribution in [3.63, 3.8) is 0 Å². The van der Waals surface area contributed by atoms with Crippen molar-refractivity contribution in [2.24, 2.45) is 0 Å². The van der Waals surface area contributed by atoms with Gasteiger partial charge >= 0.3 is 6.03 Å². The number of hydrogen-bond donors (Lipinski definition) is 4. The molecule has 4 aromatic rings. The molecule has 3 aromatic carbocycles. The van der Waals surface area contributed by atoms with Gasteiger partial charge in [-0.25, -0.2) is 9.78 Å². The van der Waals surface area contributed by atoms with Gasteiger partial charge in [-0.3, -0.25) is 10.1 Å². The third kappa shape index (κ3) is 10.3. The number of nitrogens with one attached hydrogen (secondary N) is 2. The minimum atomic E-state index is -0.250. The van der Waals surface area contributed by atoms with E-state index >= 15 is 0 Å². The van der Waals surface area contributed by atoms with E-state index in [1.54, 1.807) is 23.2 Å². The molecule has 2 aliphatic rings. The largest absolute Gasteiger partial charge is 0.488 e. The molecule has 0 aliphatic carbocycles. The number of halogens is 1. The molecule has 3 heterocycles. The third-order valence-corrected chi connectivity index (χ3v) is 8.76. The second-order valence-electron chi connectivity index (χ2n) is 12.1. The van der Waals surface area contributed by atoms with Crippen LogP contribution in [0.5, 0.6) is 23.0 Å². The fourth-order valence-corrected chi connectivity index (χ4v) is 5.82. The highest BCUT2D eigenvalue weighted by atomic mass is 35.5. The maximum atomic E-state index is 12.7. The standard InChI is InChI=1S/C37H41ClN4O7.CH2O2/c1-24(21-43)40-20-29-17-31(38)34(19-33(29)48-22-26-8-9-39-36(16-26)41-37(44)42-10-12-45-13-11-42)49-23-28-4-3-5-30(25(28)2)27-6-7-32-35(18-27)47-15-14-46-32;2-1-3/h3-9,16-19,24,40,43H,10-15,20-23H2,1-2H3,(H,39,41,44);1H,(H,2,3). The number of aromatic nitrogens is 1. The number of ether oxygens (including phenoxy) is 5. The Morgan fingerprint density at radius 3 is 2.50 bits per heavy atom. The molecule has 276 valence electrons. The smallest absolute Gasteiger partial charge is 0.323 e. The Hall–Kier alpha value is -5.08. The lowest BCUT2D eigenvalue weighted by atomic mass is 9.96. The van der Waals surface area contributed by atoms with E-state index in [-0.39, 0.29) is 31.8 Å². The molecule has 1 fully saturated rings. The summed E-state index contributed by atoms with van der Waals surface area (Å²) in [6.45, 7) is 7.81. The first-order valence-corrected chi connectivity index (χ1v) is 17.2. The lowest BCUT2D eigenvalue weighted by Gasteiger charge is -2.26. The molecule has 52 heavy (non-hydrogen) atoms. The van der Waals surface area contributed by atoms with Crippen LogP contribution >= 0.6 is 11.6 Å². The Kier molecular flexibility index (Phi) is 13.9. The fraction of sp³-hybridized carbons (Fsp3) is 0.342. The van der Waals surface area contributed by atoms with Crippen molar-refractivity contribution in [3.05, 3.63) is 94.1 Å². The molecule has 1 saturated heterocycles. The van der Waals surface area contributed by atoms with Crippen LogP contribution in [0.15, 0.2) is 66.9 Å². The quantitative estimate of drug-likeness (QED) is 0.133. The Morgan fingerprint density at radius 1 is 0.981 bits per heavy atom. The number of carbonyl (C=O) groups excluding carboxylic acids is 1. The maximum Gasteiger partial charge on any atom is 0.323 e. The monoisotopic (exact) mass is 734 g/mol. The number of aliphatic hydroxyl groups is 1. The molecule has 2 aliphatic heterocycles. The molecule has 13 nitrogen and oxygen atoms in total. The summed E-state index contributed by atoms with van der Waals surface area (Å²) in [4.78, 5) is 27.0. The average Bonchev–Trinajstić information content (AvgIpc) is 3.17. The highest BCUT2D eigenvalue weighted by Crippen LogP contribution is 2.37. The highest BCUT2D eigenvalue weighted by Gasteiger charge is 2.19. The normalized spacial score (nSPS) is 14.0. The SMILES string of the molecule is Cc1c(COc2cc(OCc3ccnc(NC(=O)N4CCOCC4)c3)c(CNC(C)CO)cc2Cl)cccc1-c1ccc2c(c1)OCCO2.O=CO. The molecule has 2 amide bonds. The van der Waals surface area contributed by atoms with Crippen molar-refractivity contribution < 1.29 is 43.5 Å². The summed E-state index contributed by atoms with van der Waals surface area (Å²) in [5.74, 6) is 2.99. The minimum Gasteiger partial charge on any atom is -0.488 e. The van der Waals surface area contributed by atoms with Crippen LogP contribution in [0, 0.1) is 6.92 Å². The number of amides is 2. The lowest BCUT2D eigenvalue weighted by molar-refractivity contribution is -0.122. The molecule has 1 aromatic heterocycles. The number of benzene rings is 3. The summed E-state index contributed by atoms with van der Waals surface area (Å²) in [5, 5.41) is 23.0. The number of pyridine rings is 1. The van der Waals surface area contributed by atoms with Crippen LogP contribution < -0.4 is 29.6 Å². The molecule has 4 N–H and O–H groups in total. The van der Waals surface area contributed by atoms with Crippen LogP contribution in [-0.4, -0.2) is 84.8 Å². The van der Waals surface area contributed by atoms with Gasteiger partial charge < -0.3 is 44.1 Å². The molecular formula is C38H43ClN4O9. The van der Waals surface area contributed by atoms with Gasteiger partial charge in [-0.2, -0.15) is 0 Å². The van der Waals surface area contributed by atoms with E-state index in [0.717, 1.165) is 44.9 Å². The summed E-state index contributed by atoms with van der Waals surface area (Å²) in [5.41, 5.74) is 5.83. The Balaban J connectivity index is 0.00000168. The predicted octanol–water partition coefficient (Wildman–Crippen LogP) is 5.67. The van der Waals surface area contributed by atoms with Gasteiger partial charge in [-0.05, 0) is 72.0 Å². The van der Waals surface area contributed by atoms with Crippen LogP contribution in [0.1, 0.15) is 29.2 Å². The van der Waals surface area contributed by atoms with E-state index in [9.17, 15) is 9.90 Å². The molecule has 0 spiro atoms. The summed E-state index contributed by atoms with van der Waals surface area (Å²) in [6.07, 6.45) is 1.64. The van der Waals surface area contributed by atoms with Gasteiger partial charge in [-0.15, -0.1) is 0 Å².